The average Bonchev–Trinajstić information content (AvgIpc) is 3.30. The van der Waals surface area contributed by atoms with Gasteiger partial charge in [0.25, 0.3) is 0 Å². The summed E-state index contributed by atoms with van der Waals surface area (Å²) in [5.41, 5.74) is 1.84. The molecule has 140 valence electrons. The van der Waals surface area contributed by atoms with E-state index in [1.807, 2.05) is 17.8 Å². The molecule has 2 aliphatic rings. The summed E-state index contributed by atoms with van der Waals surface area (Å²) in [6, 6.07) is 4.73. The molecular weight excluding hydrogens is 354 g/mol. The zero-order valence-corrected chi connectivity index (χ0v) is 15.5. The van der Waals surface area contributed by atoms with E-state index in [9.17, 15) is 8.42 Å². The van der Waals surface area contributed by atoms with E-state index in [1.165, 1.54) is 0 Å². The zero-order chi connectivity index (χ0) is 18.1. The van der Waals surface area contributed by atoms with Crippen LogP contribution in [0.3, 0.4) is 0 Å². The molecule has 0 radical (unpaired) electrons. The molecule has 2 aromatic rings. The van der Waals surface area contributed by atoms with Crippen molar-refractivity contribution in [3.63, 3.8) is 0 Å². The van der Waals surface area contributed by atoms with Gasteiger partial charge in [-0.1, -0.05) is 0 Å². The number of sulfonamides is 1. The second-order valence-corrected chi connectivity index (χ2v) is 8.37. The summed E-state index contributed by atoms with van der Waals surface area (Å²) in [6.45, 7) is 4.00. The first-order valence-electron chi connectivity index (χ1n) is 8.99. The zero-order valence-electron chi connectivity index (χ0n) is 14.7. The van der Waals surface area contributed by atoms with Crippen molar-refractivity contribution in [2.45, 2.75) is 49.8 Å². The first-order chi connectivity index (χ1) is 12.6. The van der Waals surface area contributed by atoms with Crippen molar-refractivity contribution in [3.05, 3.63) is 41.7 Å². The standard InChI is InChI=1S/C18H23N3O4S/c1-2-21-12-14(11-19-21)18-16(4-3-8-25-18)20-26(22,23)15-5-6-17-13(10-15)7-9-24-17/h5-6,10-12,16,18,20H,2-4,7-9H2,1H3/t16-,18+/m0/s1. The van der Waals surface area contributed by atoms with Crippen LogP contribution in [0.5, 0.6) is 5.75 Å². The summed E-state index contributed by atoms with van der Waals surface area (Å²) in [5, 5.41) is 4.28. The van der Waals surface area contributed by atoms with Crippen LogP contribution in [-0.2, 0) is 27.7 Å². The molecule has 26 heavy (non-hydrogen) atoms. The van der Waals surface area contributed by atoms with Gasteiger partial charge < -0.3 is 9.47 Å². The Morgan fingerprint density at radius 2 is 2.23 bits per heavy atom. The molecule has 1 fully saturated rings. The Balaban J connectivity index is 1.57. The number of fused-ring (bicyclic) bond motifs is 1. The van der Waals surface area contributed by atoms with Gasteiger partial charge in [0.1, 0.15) is 11.9 Å². The van der Waals surface area contributed by atoms with Crippen LogP contribution >= 0.6 is 0 Å². The minimum Gasteiger partial charge on any atom is -0.493 e. The van der Waals surface area contributed by atoms with Gasteiger partial charge in [-0.3, -0.25) is 4.68 Å². The molecule has 4 rings (SSSR count). The number of benzene rings is 1. The number of aryl methyl sites for hydroxylation is 1. The number of ether oxygens (including phenoxy) is 2. The van der Waals surface area contributed by atoms with Gasteiger partial charge in [-0.25, -0.2) is 13.1 Å². The van der Waals surface area contributed by atoms with Crippen molar-refractivity contribution in [1.29, 1.82) is 0 Å². The van der Waals surface area contributed by atoms with Gasteiger partial charge in [0.05, 0.1) is 23.7 Å². The van der Waals surface area contributed by atoms with Crippen LogP contribution in [0.25, 0.3) is 0 Å². The van der Waals surface area contributed by atoms with Crippen LogP contribution in [0.15, 0.2) is 35.5 Å². The highest BCUT2D eigenvalue weighted by atomic mass is 32.2. The maximum absolute atomic E-state index is 12.9. The molecule has 0 unspecified atom stereocenters. The summed E-state index contributed by atoms with van der Waals surface area (Å²) >= 11 is 0. The highest BCUT2D eigenvalue weighted by molar-refractivity contribution is 7.89. The Morgan fingerprint density at radius 1 is 1.35 bits per heavy atom. The lowest BCUT2D eigenvalue weighted by atomic mass is 9.99. The van der Waals surface area contributed by atoms with Crippen molar-refractivity contribution in [2.75, 3.05) is 13.2 Å². The van der Waals surface area contributed by atoms with Crippen LogP contribution < -0.4 is 9.46 Å². The monoisotopic (exact) mass is 377 g/mol. The van der Waals surface area contributed by atoms with Gasteiger partial charge in [0.15, 0.2) is 0 Å². The lowest BCUT2D eigenvalue weighted by molar-refractivity contribution is -0.00447. The van der Waals surface area contributed by atoms with E-state index in [-0.39, 0.29) is 17.0 Å². The summed E-state index contributed by atoms with van der Waals surface area (Å²) < 4.78 is 41.8. The van der Waals surface area contributed by atoms with Gasteiger partial charge in [0.2, 0.25) is 10.0 Å². The Morgan fingerprint density at radius 3 is 3.04 bits per heavy atom. The third kappa shape index (κ3) is 3.36. The van der Waals surface area contributed by atoms with E-state index in [4.69, 9.17) is 9.47 Å². The number of hydrogen-bond acceptors (Lipinski definition) is 5. The fraction of sp³-hybridized carbons (Fsp3) is 0.500. The van der Waals surface area contributed by atoms with Crippen LogP contribution in [0.2, 0.25) is 0 Å². The van der Waals surface area contributed by atoms with E-state index in [1.54, 1.807) is 24.4 Å². The van der Waals surface area contributed by atoms with Crippen molar-refractivity contribution < 1.29 is 17.9 Å². The van der Waals surface area contributed by atoms with Gasteiger partial charge in [0, 0.05) is 31.3 Å². The van der Waals surface area contributed by atoms with Gasteiger partial charge in [-0.15, -0.1) is 0 Å². The van der Waals surface area contributed by atoms with E-state index >= 15 is 0 Å². The molecule has 0 aliphatic carbocycles. The number of nitrogens with one attached hydrogen (secondary N) is 1. The topological polar surface area (TPSA) is 82.5 Å². The van der Waals surface area contributed by atoms with Crippen molar-refractivity contribution in [2.24, 2.45) is 0 Å². The molecule has 2 aliphatic heterocycles. The molecule has 7 nitrogen and oxygen atoms in total. The van der Waals surface area contributed by atoms with E-state index in [0.29, 0.717) is 13.2 Å². The maximum Gasteiger partial charge on any atom is 0.240 e. The molecule has 1 aromatic heterocycles. The first-order valence-corrected chi connectivity index (χ1v) is 10.5. The lowest BCUT2D eigenvalue weighted by Gasteiger charge is -2.31. The summed E-state index contributed by atoms with van der Waals surface area (Å²) in [4.78, 5) is 0.273. The Kier molecular flexibility index (Phi) is 4.73. The molecule has 0 spiro atoms. The third-order valence-electron chi connectivity index (χ3n) is 4.91. The van der Waals surface area contributed by atoms with E-state index in [2.05, 4.69) is 9.82 Å². The summed E-state index contributed by atoms with van der Waals surface area (Å²) in [5.74, 6) is 0.773. The number of hydrogen-bond donors (Lipinski definition) is 1. The fourth-order valence-corrected chi connectivity index (χ4v) is 4.85. The van der Waals surface area contributed by atoms with Gasteiger partial charge >= 0.3 is 0 Å². The second-order valence-electron chi connectivity index (χ2n) is 6.66. The van der Waals surface area contributed by atoms with Crippen molar-refractivity contribution in [1.82, 2.24) is 14.5 Å². The molecule has 0 saturated carbocycles. The van der Waals surface area contributed by atoms with E-state index < -0.39 is 10.0 Å². The second kappa shape index (κ2) is 7.02. The van der Waals surface area contributed by atoms with E-state index in [0.717, 1.165) is 42.7 Å². The van der Waals surface area contributed by atoms with Crippen LogP contribution in [0, 0.1) is 0 Å². The molecule has 1 N–H and O–H groups in total. The smallest absolute Gasteiger partial charge is 0.240 e. The molecular formula is C18H23N3O4S. The minimum atomic E-state index is -3.63. The highest BCUT2D eigenvalue weighted by Gasteiger charge is 2.32. The largest absolute Gasteiger partial charge is 0.493 e. The average molecular weight is 377 g/mol. The highest BCUT2D eigenvalue weighted by Crippen LogP contribution is 2.31. The molecule has 8 heteroatoms. The SMILES string of the molecule is CCn1cc([C@H]2OCCC[C@@H]2NS(=O)(=O)c2ccc3c(c2)CCO3)cn1. The fourth-order valence-electron chi connectivity index (χ4n) is 3.53. The number of aromatic nitrogens is 2. The molecule has 1 saturated heterocycles. The Labute approximate surface area is 153 Å². The molecule has 0 amide bonds. The Hall–Kier alpha value is -1.90. The number of nitrogens with zero attached hydrogens (tertiary/aromatic N) is 2. The number of rotatable bonds is 5. The predicted octanol–water partition coefficient (Wildman–Crippen LogP) is 2.04. The molecule has 3 heterocycles. The first kappa shape index (κ1) is 17.5. The normalized spacial score (nSPS) is 22.8. The molecule has 1 aromatic carbocycles. The van der Waals surface area contributed by atoms with Crippen LogP contribution in [0.1, 0.15) is 37.0 Å². The quantitative estimate of drug-likeness (QED) is 0.862. The molecule has 0 bridgehead atoms. The summed E-state index contributed by atoms with van der Waals surface area (Å²) in [7, 11) is -3.63. The third-order valence-corrected chi connectivity index (χ3v) is 6.39. The lowest BCUT2D eigenvalue weighted by Crippen LogP contribution is -2.42. The predicted molar refractivity (Wildman–Crippen MR) is 95.6 cm³/mol. The Bertz CT molecular complexity index is 894. The van der Waals surface area contributed by atoms with Gasteiger partial charge in [-0.2, -0.15) is 5.10 Å². The van der Waals surface area contributed by atoms with Crippen LogP contribution in [0.4, 0.5) is 0 Å². The van der Waals surface area contributed by atoms with Gasteiger partial charge in [-0.05, 0) is 43.5 Å². The van der Waals surface area contributed by atoms with Crippen LogP contribution in [-0.4, -0.2) is 37.5 Å². The molecule has 2 atom stereocenters. The van der Waals surface area contributed by atoms with Crippen molar-refractivity contribution >= 4 is 10.0 Å². The van der Waals surface area contributed by atoms with Crippen molar-refractivity contribution in [3.8, 4) is 5.75 Å². The summed E-state index contributed by atoms with van der Waals surface area (Å²) in [6.07, 6.45) is 5.65. The minimum absolute atomic E-state index is 0.273. The maximum atomic E-state index is 12.9.